The zero-order valence-electron chi connectivity index (χ0n) is 11.9. The van der Waals surface area contributed by atoms with Gasteiger partial charge in [0.1, 0.15) is 5.82 Å². The first-order valence-corrected chi connectivity index (χ1v) is 7.76. The minimum Gasteiger partial charge on any atom is -0.378 e. The van der Waals surface area contributed by atoms with Gasteiger partial charge in [0.25, 0.3) is 0 Å². The zero-order chi connectivity index (χ0) is 14.3. The smallest absolute Gasteiger partial charge is 0.184 e. The van der Waals surface area contributed by atoms with Crippen LogP contribution >= 0.6 is 11.3 Å². The fraction of sp³-hybridized carbons (Fsp3) is 0.533. The van der Waals surface area contributed by atoms with Crippen molar-refractivity contribution >= 4 is 26.7 Å². The Hall–Kier alpha value is -1.20. The molecule has 0 amide bonds. The lowest BCUT2D eigenvalue weighted by molar-refractivity contribution is -0.0975. The third-order valence-electron chi connectivity index (χ3n) is 4.19. The molecular formula is C15H19FN2OS. The molecule has 3 nitrogen and oxygen atoms in total. The van der Waals surface area contributed by atoms with Gasteiger partial charge in [-0.3, -0.25) is 0 Å². The number of hydrogen-bond donors (Lipinski definition) is 1. The minimum atomic E-state index is -0.241. The SMILES string of the molecule is CCOC1CC(Nc2nc3cc(F)ccc3s2)C1(C)C. The predicted octanol–water partition coefficient (Wildman–Crippen LogP) is 4.05. The van der Waals surface area contributed by atoms with E-state index in [2.05, 4.69) is 24.1 Å². The molecule has 1 saturated carbocycles. The topological polar surface area (TPSA) is 34.1 Å². The fourth-order valence-corrected chi connectivity index (χ4v) is 3.62. The summed E-state index contributed by atoms with van der Waals surface area (Å²) >= 11 is 1.57. The van der Waals surface area contributed by atoms with Crippen molar-refractivity contribution < 1.29 is 9.13 Å². The predicted molar refractivity (Wildman–Crippen MR) is 80.8 cm³/mol. The molecule has 0 radical (unpaired) electrons. The second-order valence-electron chi connectivity index (χ2n) is 5.83. The van der Waals surface area contributed by atoms with Crippen LogP contribution in [-0.2, 0) is 4.74 Å². The first-order chi connectivity index (χ1) is 9.50. The van der Waals surface area contributed by atoms with Crippen LogP contribution in [0, 0.1) is 11.2 Å². The number of rotatable bonds is 4. The van der Waals surface area contributed by atoms with E-state index >= 15 is 0 Å². The molecule has 0 spiro atoms. The standard InChI is InChI=1S/C15H19FN2OS/c1-4-19-13-8-12(15(13,2)3)18-14-17-10-7-9(16)5-6-11(10)20-14/h5-7,12-13H,4,8H2,1-3H3,(H,17,18). The molecule has 108 valence electrons. The van der Waals surface area contributed by atoms with Crippen LogP contribution in [0.5, 0.6) is 0 Å². The number of ether oxygens (including phenoxy) is 1. The van der Waals surface area contributed by atoms with E-state index in [9.17, 15) is 4.39 Å². The number of thiazole rings is 1. The highest BCUT2D eigenvalue weighted by Crippen LogP contribution is 2.45. The molecule has 2 aromatic rings. The van der Waals surface area contributed by atoms with Gasteiger partial charge in [0.15, 0.2) is 5.13 Å². The van der Waals surface area contributed by atoms with Gasteiger partial charge in [0.05, 0.1) is 16.3 Å². The molecule has 20 heavy (non-hydrogen) atoms. The van der Waals surface area contributed by atoms with Crippen LogP contribution in [0.3, 0.4) is 0 Å². The van der Waals surface area contributed by atoms with Crippen molar-refractivity contribution in [3.63, 3.8) is 0 Å². The van der Waals surface area contributed by atoms with Gasteiger partial charge >= 0.3 is 0 Å². The van der Waals surface area contributed by atoms with Crippen LogP contribution in [0.1, 0.15) is 27.2 Å². The van der Waals surface area contributed by atoms with Crippen LogP contribution in [0.25, 0.3) is 10.2 Å². The third kappa shape index (κ3) is 2.29. The van der Waals surface area contributed by atoms with Crippen molar-refractivity contribution in [2.24, 2.45) is 5.41 Å². The molecule has 3 rings (SSSR count). The van der Waals surface area contributed by atoms with Crippen LogP contribution < -0.4 is 5.32 Å². The van der Waals surface area contributed by atoms with Gasteiger partial charge in [-0.25, -0.2) is 9.37 Å². The van der Waals surface area contributed by atoms with E-state index in [0.717, 1.165) is 28.4 Å². The maximum Gasteiger partial charge on any atom is 0.184 e. The van der Waals surface area contributed by atoms with E-state index in [1.807, 2.05) is 6.92 Å². The number of halogens is 1. The molecule has 1 aromatic heterocycles. The average Bonchev–Trinajstić information content (AvgIpc) is 2.79. The average molecular weight is 294 g/mol. The first-order valence-electron chi connectivity index (χ1n) is 6.95. The van der Waals surface area contributed by atoms with Crippen LogP contribution in [0.4, 0.5) is 9.52 Å². The maximum atomic E-state index is 13.2. The van der Waals surface area contributed by atoms with E-state index in [0.29, 0.717) is 12.1 Å². The summed E-state index contributed by atoms with van der Waals surface area (Å²) in [5, 5.41) is 4.33. The van der Waals surface area contributed by atoms with Gasteiger partial charge in [-0.1, -0.05) is 25.2 Å². The van der Waals surface area contributed by atoms with Crippen molar-refractivity contribution in [3.8, 4) is 0 Å². The maximum absolute atomic E-state index is 13.2. The zero-order valence-corrected chi connectivity index (χ0v) is 12.8. The van der Waals surface area contributed by atoms with Gasteiger partial charge in [-0.05, 0) is 25.5 Å². The van der Waals surface area contributed by atoms with Crippen LogP contribution in [0.15, 0.2) is 18.2 Å². The van der Waals surface area contributed by atoms with Gasteiger partial charge in [0.2, 0.25) is 0 Å². The van der Waals surface area contributed by atoms with Crippen LogP contribution in [0.2, 0.25) is 0 Å². The third-order valence-corrected chi connectivity index (χ3v) is 5.16. The summed E-state index contributed by atoms with van der Waals surface area (Å²) in [6.45, 7) is 7.20. The van der Waals surface area contributed by atoms with Crippen molar-refractivity contribution in [2.45, 2.75) is 39.3 Å². The molecule has 0 aliphatic heterocycles. The summed E-state index contributed by atoms with van der Waals surface area (Å²) in [5.41, 5.74) is 0.815. The molecule has 1 fully saturated rings. The summed E-state index contributed by atoms with van der Waals surface area (Å²) < 4.78 is 19.9. The Morgan fingerprint density at radius 1 is 1.50 bits per heavy atom. The number of nitrogens with one attached hydrogen (secondary N) is 1. The summed E-state index contributed by atoms with van der Waals surface area (Å²) in [7, 11) is 0. The number of benzene rings is 1. The molecule has 1 N–H and O–H groups in total. The molecule has 1 aliphatic rings. The number of hydrogen-bond acceptors (Lipinski definition) is 4. The first kappa shape index (κ1) is 13.8. The molecule has 0 saturated heterocycles. The second-order valence-corrected chi connectivity index (χ2v) is 6.86. The summed E-state index contributed by atoms with van der Waals surface area (Å²) in [6.07, 6.45) is 1.29. The normalized spacial score (nSPS) is 24.6. The molecule has 1 aromatic carbocycles. The highest BCUT2D eigenvalue weighted by molar-refractivity contribution is 7.22. The molecule has 1 heterocycles. The van der Waals surface area contributed by atoms with E-state index in [1.54, 1.807) is 17.4 Å². The van der Waals surface area contributed by atoms with Gasteiger partial charge in [-0.2, -0.15) is 0 Å². The lowest BCUT2D eigenvalue weighted by Gasteiger charge is -2.51. The molecule has 5 heteroatoms. The molecule has 0 bridgehead atoms. The van der Waals surface area contributed by atoms with Crippen molar-refractivity contribution in [1.29, 1.82) is 0 Å². The number of nitrogens with zero attached hydrogens (tertiary/aromatic N) is 1. The van der Waals surface area contributed by atoms with Gasteiger partial charge < -0.3 is 10.1 Å². The Kier molecular flexibility index (Phi) is 3.42. The van der Waals surface area contributed by atoms with E-state index in [1.165, 1.54) is 12.1 Å². The van der Waals surface area contributed by atoms with Crippen LogP contribution in [-0.4, -0.2) is 23.7 Å². The molecule has 2 unspecified atom stereocenters. The van der Waals surface area contributed by atoms with E-state index in [4.69, 9.17) is 4.74 Å². The number of anilines is 1. The largest absolute Gasteiger partial charge is 0.378 e. The van der Waals surface area contributed by atoms with Crippen molar-refractivity contribution in [2.75, 3.05) is 11.9 Å². The monoisotopic (exact) mass is 294 g/mol. The summed E-state index contributed by atoms with van der Waals surface area (Å²) in [5.74, 6) is -0.241. The Labute approximate surface area is 122 Å². The summed E-state index contributed by atoms with van der Waals surface area (Å²) in [6, 6.07) is 5.08. The number of fused-ring (bicyclic) bond motifs is 1. The highest BCUT2D eigenvalue weighted by Gasteiger charge is 2.49. The lowest BCUT2D eigenvalue weighted by atomic mass is 9.64. The van der Waals surface area contributed by atoms with Gasteiger partial charge in [0, 0.05) is 24.1 Å². The fourth-order valence-electron chi connectivity index (χ4n) is 2.73. The Balaban J connectivity index is 1.74. The molecule has 2 atom stereocenters. The highest BCUT2D eigenvalue weighted by atomic mass is 32.1. The van der Waals surface area contributed by atoms with E-state index < -0.39 is 0 Å². The lowest BCUT2D eigenvalue weighted by Crippen LogP contribution is -2.58. The quantitative estimate of drug-likeness (QED) is 0.923. The van der Waals surface area contributed by atoms with Gasteiger partial charge in [-0.15, -0.1) is 0 Å². The van der Waals surface area contributed by atoms with Crippen molar-refractivity contribution in [1.82, 2.24) is 4.98 Å². The van der Waals surface area contributed by atoms with Crippen molar-refractivity contribution in [3.05, 3.63) is 24.0 Å². The van der Waals surface area contributed by atoms with E-state index in [-0.39, 0.29) is 11.2 Å². The second kappa shape index (κ2) is 4.97. The Morgan fingerprint density at radius 3 is 3.00 bits per heavy atom. The summed E-state index contributed by atoms with van der Waals surface area (Å²) in [4.78, 5) is 4.46. The number of aromatic nitrogens is 1. The molecular weight excluding hydrogens is 275 g/mol. The molecule has 1 aliphatic carbocycles. The Morgan fingerprint density at radius 2 is 2.30 bits per heavy atom. The minimum absolute atomic E-state index is 0.0963. The Bertz CT molecular complexity index is 625.